The lowest BCUT2D eigenvalue weighted by Gasteiger charge is -2.26. The highest BCUT2D eigenvalue weighted by molar-refractivity contribution is 6.30. The van der Waals surface area contributed by atoms with Crippen LogP contribution in [0.5, 0.6) is 0 Å². The molecule has 1 saturated carbocycles. The maximum Gasteiger partial charge on any atom is 0.0412 e. The molecule has 0 bridgehead atoms. The third-order valence-electron chi connectivity index (χ3n) is 3.53. The van der Waals surface area contributed by atoms with E-state index in [2.05, 4.69) is 36.2 Å². The predicted octanol–water partition coefficient (Wildman–Crippen LogP) is 4.22. The molecule has 0 radical (unpaired) electrons. The zero-order chi connectivity index (χ0) is 13.7. The van der Waals surface area contributed by atoms with Crippen molar-refractivity contribution >= 4 is 17.3 Å². The van der Waals surface area contributed by atoms with Gasteiger partial charge in [0.2, 0.25) is 0 Å². The number of benzene rings is 1. The van der Waals surface area contributed by atoms with Crippen LogP contribution < -0.4 is 10.2 Å². The Morgan fingerprint density at radius 3 is 2.47 bits per heavy atom. The zero-order valence-corrected chi connectivity index (χ0v) is 12.8. The molecular weight excluding hydrogens is 256 g/mol. The molecule has 0 atom stereocenters. The van der Waals surface area contributed by atoms with Gasteiger partial charge in [-0.25, -0.2) is 0 Å². The first-order valence-electron chi connectivity index (χ1n) is 7.51. The van der Waals surface area contributed by atoms with Crippen LogP contribution in [0.3, 0.4) is 0 Å². The number of nitrogens with zero attached hydrogens (tertiary/aromatic N) is 1. The van der Waals surface area contributed by atoms with Crippen LogP contribution in [0.2, 0.25) is 5.02 Å². The van der Waals surface area contributed by atoms with Crippen molar-refractivity contribution in [3.8, 4) is 0 Å². The van der Waals surface area contributed by atoms with Gasteiger partial charge in [0.05, 0.1) is 0 Å². The molecule has 3 heteroatoms. The fraction of sp³-hybridized carbons (Fsp3) is 0.625. The van der Waals surface area contributed by atoms with Crippen molar-refractivity contribution in [2.75, 3.05) is 18.0 Å². The Morgan fingerprint density at radius 2 is 1.89 bits per heavy atom. The highest BCUT2D eigenvalue weighted by Crippen LogP contribution is 2.26. The predicted molar refractivity (Wildman–Crippen MR) is 84.1 cm³/mol. The summed E-state index contributed by atoms with van der Waals surface area (Å²) in [6, 6.07) is 7.04. The molecule has 1 fully saturated rings. The van der Waals surface area contributed by atoms with Gasteiger partial charge in [-0.15, -0.1) is 0 Å². The SMILES string of the molecule is CCCN(CCC)c1ccc(Cl)cc1CNC1CC1. The van der Waals surface area contributed by atoms with E-state index in [4.69, 9.17) is 11.6 Å². The van der Waals surface area contributed by atoms with Crippen molar-refractivity contribution in [3.63, 3.8) is 0 Å². The summed E-state index contributed by atoms with van der Waals surface area (Å²) in [5.74, 6) is 0. The minimum atomic E-state index is 0.734. The van der Waals surface area contributed by atoms with E-state index < -0.39 is 0 Å². The van der Waals surface area contributed by atoms with Gasteiger partial charge in [-0.2, -0.15) is 0 Å². The maximum absolute atomic E-state index is 6.16. The smallest absolute Gasteiger partial charge is 0.0412 e. The van der Waals surface area contributed by atoms with E-state index >= 15 is 0 Å². The molecule has 19 heavy (non-hydrogen) atoms. The van der Waals surface area contributed by atoms with Crippen molar-refractivity contribution in [3.05, 3.63) is 28.8 Å². The average Bonchev–Trinajstić information content (AvgIpc) is 3.20. The second kappa shape index (κ2) is 7.16. The van der Waals surface area contributed by atoms with Crippen LogP contribution in [0.1, 0.15) is 45.1 Å². The number of hydrogen-bond acceptors (Lipinski definition) is 2. The van der Waals surface area contributed by atoms with E-state index in [9.17, 15) is 0 Å². The second-order valence-corrected chi connectivity index (χ2v) is 5.85. The van der Waals surface area contributed by atoms with Gasteiger partial charge in [0.15, 0.2) is 0 Å². The highest BCUT2D eigenvalue weighted by atomic mass is 35.5. The van der Waals surface area contributed by atoms with Crippen LogP contribution in [0.15, 0.2) is 18.2 Å². The molecule has 0 amide bonds. The van der Waals surface area contributed by atoms with Crippen molar-refractivity contribution in [2.24, 2.45) is 0 Å². The molecule has 1 aliphatic rings. The second-order valence-electron chi connectivity index (χ2n) is 5.42. The fourth-order valence-corrected chi connectivity index (χ4v) is 2.63. The summed E-state index contributed by atoms with van der Waals surface area (Å²) in [5.41, 5.74) is 2.68. The highest BCUT2D eigenvalue weighted by Gasteiger charge is 2.21. The maximum atomic E-state index is 6.16. The van der Waals surface area contributed by atoms with E-state index in [1.165, 1.54) is 36.9 Å². The molecule has 0 unspecified atom stereocenters. The summed E-state index contributed by atoms with van der Waals surface area (Å²) >= 11 is 6.16. The van der Waals surface area contributed by atoms with Gasteiger partial charge < -0.3 is 10.2 Å². The van der Waals surface area contributed by atoms with E-state index in [0.29, 0.717) is 0 Å². The van der Waals surface area contributed by atoms with Crippen molar-refractivity contribution < 1.29 is 0 Å². The Balaban J connectivity index is 2.14. The van der Waals surface area contributed by atoms with Gasteiger partial charge >= 0.3 is 0 Å². The number of hydrogen-bond donors (Lipinski definition) is 1. The molecule has 0 saturated heterocycles. The molecule has 106 valence electrons. The van der Waals surface area contributed by atoms with Crippen LogP contribution in [0.4, 0.5) is 5.69 Å². The van der Waals surface area contributed by atoms with Gasteiger partial charge in [-0.3, -0.25) is 0 Å². The van der Waals surface area contributed by atoms with Crippen LogP contribution in [-0.2, 0) is 6.54 Å². The van der Waals surface area contributed by atoms with E-state index in [1.807, 2.05) is 6.07 Å². The standard InChI is InChI=1S/C16H25ClN2/c1-3-9-19(10-4-2)16-8-5-14(17)11-13(16)12-18-15-6-7-15/h5,8,11,15,18H,3-4,6-7,9-10,12H2,1-2H3. The largest absolute Gasteiger partial charge is 0.371 e. The Morgan fingerprint density at radius 1 is 1.21 bits per heavy atom. The molecule has 2 rings (SSSR count). The van der Waals surface area contributed by atoms with Gasteiger partial charge in [0.1, 0.15) is 0 Å². The van der Waals surface area contributed by atoms with Gasteiger partial charge in [-0.1, -0.05) is 25.4 Å². The Labute approximate surface area is 122 Å². The van der Waals surface area contributed by atoms with E-state index in [-0.39, 0.29) is 0 Å². The number of anilines is 1. The first-order valence-corrected chi connectivity index (χ1v) is 7.89. The third-order valence-corrected chi connectivity index (χ3v) is 3.76. The summed E-state index contributed by atoms with van der Waals surface area (Å²) in [7, 11) is 0. The summed E-state index contributed by atoms with van der Waals surface area (Å²) in [6.45, 7) is 7.64. The Kier molecular flexibility index (Phi) is 5.53. The quantitative estimate of drug-likeness (QED) is 0.767. The van der Waals surface area contributed by atoms with Crippen LogP contribution in [-0.4, -0.2) is 19.1 Å². The number of nitrogens with one attached hydrogen (secondary N) is 1. The molecular formula is C16H25ClN2. The molecule has 1 aromatic carbocycles. The lowest BCUT2D eigenvalue weighted by atomic mass is 10.1. The zero-order valence-electron chi connectivity index (χ0n) is 12.1. The normalized spacial score (nSPS) is 14.7. The number of rotatable bonds is 8. The molecule has 0 heterocycles. The third kappa shape index (κ3) is 4.39. The Hall–Kier alpha value is -0.730. The van der Waals surface area contributed by atoms with Crippen molar-refractivity contribution in [1.29, 1.82) is 0 Å². The average molecular weight is 281 g/mol. The molecule has 2 nitrogen and oxygen atoms in total. The van der Waals surface area contributed by atoms with Crippen molar-refractivity contribution in [2.45, 2.75) is 52.1 Å². The topological polar surface area (TPSA) is 15.3 Å². The monoisotopic (exact) mass is 280 g/mol. The van der Waals surface area contributed by atoms with E-state index in [1.54, 1.807) is 0 Å². The molecule has 0 aliphatic heterocycles. The van der Waals surface area contributed by atoms with Crippen LogP contribution in [0.25, 0.3) is 0 Å². The first kappa shape index (κ1) is 14.7. The fourth-order valence-electron chi connectivity index (χ4n) is 2.44. The van der Waals surface area contributed by atoms with Gasteiger partial charge in [-0.05, 0) is 49.4 Å². The Bertz CT molecular complexity index is 396. The molecule has 1 N–H and O–H groups in total. The molecule has 0 spiro atoms. The lowest BCUT2D eigenvalue weighted by molar-refractivity contribution is 0.678. The van der Waals surface area contributed by atoms with Crippen molar-refractivity contribution in [1.82, 2.24) is 5.32 Å². The summed E-state index contributed by atoms with van der Waals surface area (Å²) in [4.78, 5) is 2.49. The molecule has 1 aliphatic carbocycles. The van der Waals surface area contributed by atoms with Gasteiger partial charge in [0.25, 0.3) is 0 Å². The first-order chi connectivity index (χ1) is 9.24. The summed E-state index contributed by atoms with van der Waals surface area (Å²) in [6.07, 6.45) is 5.00. The number of halogens is 1. The molecule has 1 aromatic rings. The summed E-state index contributed by atoms with van der Waals surface area (Å²) in [5, 5.41) is 4.43. The van der Waals surface area contributed by atoms with Crippen LogP contribution in [0, 0.1) is 0 Å². The minimum Gasteiger partial charge on any atom is -0.371 e. The molecule has 0 aromatic heterocycles. The van der Waals surface area contributed by atoms with E-state index in [0.717, 1.165) is 30.7 Å². The van der Waals surface area contributed by atoms with Gasteiger partial charge in [0, 0.05) is 36.4 Å². The lowest BCUT2D eigenvalue weighted by Crippen LogP contribution is -2.27. The minimum absolute atomic E-state index is 0.734. The van der Waals surface area contributed by atoms with Crippen LogP contribution >= 0.6 is 11.6 Å². The summed E-state index contributed by atoms with van der Waals surface area (Å²) < 4.78 is 0.